The van der Waals surface area contributed by atoms with E-state index in [1.54, 1.807) is 32.1 Å². The quantitative estimate of drug-likeness (QED) is 0.0629. The zero-order valence-electron chi connectivity index (χ0n) is 39.3. The maximum Gasteiger partial charge on any atom is 0.315 e. The molecule has 1 saturated heterocycles. The molecule has 4 atom stereocenters. The molecule has 0 aromatic heterocycles. The van der Waals surface area contributed by atoms with Crippen LogP contribution < -0.4 is 31.4 Å². The SMILES string of the molecule is C/C1=C/C=C/C(C)CCC(O)C[C@H](OC(=O)CC(=O)NCCNc2ccccc2)CC/C=C/OC2(C)Oc3c(C)c(O)c4c(O)c(c5c(c4c3C2=O)=NC2(CCN(CC(C)C)CC2)N=5)NC1=O. The smallest absolute Gasteiger partial charge is 0.315 e. The highest BCUT2D eigenvalue weighted by atomic mass is 16.7. The lowest BCUT2D eigenvalue weighted by Crippen LogP contribution is -2.43. The third-order valence-electron chi connectivity index (χ3n) is 12.8. The third kappa shape index (κ3) is 11.1. The Labute approximate surface area is 390 Å². The highest BCUT2D eigenvalue weighted by Gasteiger charge is 2.50. The predicted octanol–water partition coefficient (Wildman–Crippen LogP) is 6.01. The first-order valence-electron chi connectivity index (χ1n) is 23.4. The number of likely N-dealkylation sites (tertiary alicyclic amines) is 1. The van der Waals surface area contributed by atoms with E-state index in [1.807, 2.05) is 43.3 Å². The predicted molar refractivity (Wildman–Crippen MR) is 253 cm³/mol. The van der Waals surface area contributed by atoms with Gasteiger partial charge in [0.1, 0.15) is 35.1 Å². The van der Waals surface area contributed by atoms with Gasteiger partial charge in [-0.2, -0.15) is 0 Å². The van der Waals surface area contributed by atoms with Crippen LogP contribution in [-0.4, -0.2) is 100 Å². The van der Waals surface area contributed by atoms with Crippen LogP contribution in [0.4, 0.5) is 11.4 Å². The van der Waals surface area contributed by atoms with Crippen LogP contribution in [0.5, 0.6) is 17.2 Å². The molecule has 3 aromatic carbocycles. The summed E-state index contributed by atoms with van der Waals surface area (Å²) in [6.07, 6.45) is 9.02. The number of aliphatic hydroxyl groups is 1. The Balaban J connectivity index is 1.17. The van der Waals surface area contributed by atoms with Crippen molar-refractivity contribution in [2.24, 2.45) is 21.8 Å². The number of ketones is 1. The van der Waals surface area contributed by atoms with Gasteiger partial charge in [-0.3, -0.25) is 29.2 Å². The number of phenolic OH excluding ortho intramolecular Hbond substituents is 2. The van der Waals surface area contributed by atoms with E-state index in [4.69, 9.17) is 24.2 Å². The molecule has 1 spiro atoms. The van der Waals surface area contributed by atoms with Crippen LogP contribution in [0.2, 0.25) is 0 Å². The Bertz CT molecular complexity index is 2600. The van der Waals surface area contributed by atoms with Crippen molar-refractivity contribution in [3.8, 4) is 17.2 Å². The molecule has 3 unspecified atom stereocenters. The summed E-state index contributed by atoms with van der Waals surface area (Å²) in [5.74, 6) is -4.50. The minimum atomic E-state index is -1.90. The number of nitrogens with zero attached hydrogens (tertiary/aromatic N) is 3. The van der Waals surface area contributed by atoms with Crippen molar-refractivity contribution in [3.63, 3.8) is 0 Å². The molecule has 3 aromatic rings. The number of phenols is 2. The summed E-state index contributed by atoms with van der Waals surface area (Å²) in [5, 5.41) is 44.4. The van der Waals surface area contributed by atoms with Gasteiger partial charge in [0, 0.05) is 81.1 Å². The second-order valence-corrected chi connectivity index (χ2v) is 18.8. The van der Waals surface area contributed by atoms with Gasteiger partial charge in [-0.25, -0.2) is 0 Å². The zero-order chi connectivity index (χ0) is 48.0. The number of nitrogens with one attached hydrogen (secondary N) is 3. The topological polar surface area (TPSA) is 221 Å². The van der Waals surface area contributed by atoms with Gasteiger partial charge >= 0.3 is 11.8 Å². The number of carbonyl (C=O) groups excluding carboxylic acids is 4. The first kappa shape index (κ1) is 48.7. The van der Waals surface area contributed by atoms with Gasteiger partial charge in [0.15, 0.2) is 11.4 Å². The Hall–Kier alpha value is -6.26. The maximum atomic E-state index is 14.7. The van der Waals surface area contributed by atoms with Gasteiger partial charge in [0.2, 0.25) is 5.91 Å². The number of aromatic hydroxyl groups is 2. The van der Waals surface area contributed by atoms with Crippen molar-refractivity contribution in [3.05, 3.63) is 88.3 Å². The Morgan fingerprint density at radius 1 is 1.00 bits per heavy atom. The number of Topliss-reactive ketones (excluding diaryl/α,β-unsaturated/α-hetero) is 1. The molecule has 16 nitrogen and oxygen atoms in total. The first-order valence-corrected chi connectivity index (χ1v) is 23.4. The summed E-state index contributed by atoms with van der Waals surface area (Å²) in [7, 11) is 0. The Kier molecular flexibility index (Phi) is 15.1. The van der Waals surface area contributed by atoms with Gasteiger partial charge in [-0.05, 0) is 69.6 Å². The summed E-state index contributed by atoms with van der Waals surface area (Å²) in [4.78, 5) is 66.9. The van der Waals surface area contributed by atoms with Crippen molar-refractivity contribution < 1.29 is 48.7 Å². The van der Waals surface area contributed by atoms with Crippen LogP contribution in [-0.2, 0) is 23.9 Å². The molecule has 67 heavy (non-hydrogen) atoms. The number of amides is 2. The summed E-state index contributed by atoms with van der Waals surface area (Å²) in [5.41, 5.74) is 0.501. The molecule has 0 saturated carbocycles. The molecule has 358 valence electrons. The molecule has 5 aliphatic rings. The van der Waals surface area contributed by atoms with Crippen LogP contribution in [0.1, 0.15) is 102 Å². The number of para-hydroxylation sites is 1. The van der Waals surface area contributed by atoms with Gasteiger partial charge in [-0.1, -0.05) is 57.2 Å². The highest BCUT2D eigenvalue weighted by Crippen LogP contribution is 2.50. The fraction of sp³-hybridized carbons (Fsp3) is 0.490. The number of anilines is 2. The molecule has 5 heterocycles. The number of benzene rings is 3. The Morgan fingerprint density at radius 2 is 1.73 bits per heavy atom. The number of ether oxygens (including phenoxy) is 3. The number of esters is 1. The van der Waals surface area contributed by atoms with E-state index in [2.05, 4.69) is 34.7 Å². The molecular formula is C51H64N6O10. The number of aliphatic hydroxyl groups excluding tert-OH is 1. The fourth-order valence-electron chi connectivity index (χ4n) is 9.07. The molecule has 5 aliphatic heterocycles. The molecule has 0 aliphatic carbocycles. The monoisotopic (exact) mass is 920 g/mol. The van der Waals surface area contributed by atoms with Crippen molar-refractivity contribution in [2.45, 2.75) is 117 Å². The standard InChI is InChI=1S/C51H64N6O10/c1-30(2)29-57-24-20-51(21-25-57)55-42-39-40-45(61)33(5)47-41(39)48(63)50(6,67-47)65-26-11-10-17-36(66-38(60)28-37(59)53-23-22-52-34-15-8-7-9-16-34)27-35(58)19-18-31(3)13-12-14-32(4)49(64)54-44(46(40)62)43(42)56-51/h7-9,11-16,26,30-31,35-36,52,58,61-62H,10,17-25,27-29H2,1-6H3,(H,53,59)(H,54,64)/b13-12+,26-11+,32-14-/t31?,35?,36-,50?/m1/s1. The minimum absolute atomic E-state index is 0.00356. The lowest BCUT2D eigenvalue weighted by molar-refractivity contribution is -0.152. The molecule has 8 rings (SSSR count). The summed E-state index contributed by atoms with van der Waals surface area (Å²) < 4.78 is 18.1. The number of fused-ring (bicyclic) bond motifs is 13. The second kappa shape index (κ2) is 20.7. The van der Waals surface area contributed by atoms with Crippen LogP contribution in [0, 0.1) is 18.8 Å². The summed E-state index contributed by atoms with van der Waals surface area (Å²) >= 11 is 0. The van der Waals surface area contributed by atoms with E-state index >= 15 is 0 Å². The van der Waals surface area contributed by atoms with Crippen LogP contribution in [0.15, 0.2) is 76.5 Å². The van der Waals surface area contributed by atoms with Gasteiger partial charge in [-0.15, -0.1) is 0 Å². The van der Waals surface area contributed by atoms with Crippen LogP contribution in [0.3, 0.4) is 0 Å². The Morgan fingerprint density at radius 3 is 2.46 bits per heavy atom. The molecule has 16 heteroatoms. The van der Waals surface area contributed by atoms with Crippen molar-refractivity contribution in [2.75, 3.05) is 43.4 Å². The van der Waals surface area contributed by atoms with E-state index < -0.39 is 59.4 Å². The van der Waals surface area contributed by atoms with Crippen molar-refractivity contribution in [1.82, 2.24) is 10.2 Å². The average molecular weight is 921 g/mol. The van der Waals surface area contributed by atoms with E-state index in [0.29, 0.717) is 69.8 Å². The van der Waals surface area contributed by atoms with Gasteiger partial charge in [0.25, 0.3) is 11.7 Å². The lowest BCUT2D eigenvalue weighted by atomic mass is 9.93. The van der Waals surface area contributed by atoms with Gasteiger partial charge in [0.05, 0.1) is 28.7 Å². The number of piperidine rings is 1. The normalized spacial score (nSPS) is 25.0. The largest absolute Gasteiger partial charge is 0.507 e. The molecular weight excluding hydrogens is 857 g/mol. The van der Waals surface area contributed by atoms with Crippen molar-refractivity contribution in [1.29, 1.82) is 0 Å². The van der Waals surface area contributed by atoms with Gasteiger partial charge < -0.3 is 50.4 Å². The van der Waals surface area contributed by atoms with Crippen LogP contribution in [0.25, 0.3) is 10.8 Å². The molecule has 2 amide bonds. The number of rotatable bonds is 9. The molecule has 0 radical (unpaired) electrons. The summed E-state index contributed by atoms with van der Waals surface area (Å²) in [6, 6.07) is 9.53. The van der Waals surface area contributed by atoms with E-state index in [-0.39, 0.29) is 68.6 Å². The third-order valence-corrected chi connectivity index (χ3v) is 12.8. The minimum Gasteiger partial charge on any atom is -0.507 e. The molecule has 6 N–H and O–H groups in total. The lowest BCUT2D eigenvalue weighted by Gasteiger charge is -2.36. The number of hydrogen-bond donors (Lipinski definition) is 6. The highest BCUT2D eigenvalue weighted by molar-refractivity contribution is 6.19. The number of hydrogen-bond acceptors (Lipinski definition) is 14. The van der Waals surface area contributed by atoms with E-state index in [0.717, 1.165) is 12.2 Å². The maximum absolute atomic E-state index is 14.7. The van der Waals surface area contributed by atoms with Crippen LogP contribution >= 0.6 is 0 Å². The number of allylic oxidation sites excluding steroid dienone is 4. The molecule has 5 bridgehead atoms. The summed E-state index contributed by atoms with van der Waals surface area (Å²) in [6.45, 7) is 14.1. The zero-order valence-corrected chi connectivity index (χ0v) is 39.3. The van der Waals surface area contributed by atoms with E-state index in [9.17, 15) is 34.5 Å². The average Bonchev–Trinajstić information content (AvgIpc) is 3.78. The van der Waals surface area contributed by atoms with Crippen molar-refractivity contribution >= 4 is 45.7 Å². The molecule has 1 fully saturated rings. The van der Waals surface area contributed by atoms with E-state index in [1.165, 1.54) is 13.2 Å². The fourth-order valence-corrected chi connectivity index (χ4v) is 9.07. The number of carbonyl (C=O) groups is 4. The second-order valence-electron chi connectivity index (χ2n) is 18.8. The first-order chi connectivity index (χ1) is 32.0.